The third kappa shape index (κ3) is 1.74. The van der Waals surface area contributed by atoms with E-state index in [1.54, 1.807) is 6.92 Å². The summed E-state index contributed by atoms with van der Waals surface area (Å²) in [7, 11) is 0. The first kappa shape index (κ1) is 9.82. The summed E-state index contributed by atoms with van der Waals surface area (Å²) >= 11 is 0. The summed E-state index contributed by atoms with van der Waals surface area (Å²) in [6, 6.07) is 0. The molecule has 2 rings (SSSR count). The first-order valence-electron chi connectivity index (χ1n) is 4.92. The number of ether oxygens (including phenoxy) is 1. The Morgan fingerprint density at radius 1 is 1.53 bits per heavy atom. The summed E-state index contributed by atoms with van der Waals surface area (Å²) in [6.45, 7) is 3.02. The Morgan fingerprint density at radius 3 is 3.07 bits per heavy atom. The SMILES string of the molecule is CCOC(=O)N1CCc2[nH][nH]c(=O)c2C1. The van der Waals surface area contributed by atoms with Crippen LogP contribution in [-0.4, -0.2) is 34.3 Å². The van der Waals surface area contributed by atoms with E-state index in [0.29, 0.717) is 31.7 Å². The van der Waals surface area contributed by atoms with E-state index >= 15 is 0 Å². The molecule has 1 aliphatic rings. The number of carbonyl (C=O) groups is 1. The molecule has 82 valence electrons. The topological polar surface area (TPSA) is 78.2 Å². The number of nitrogens with one attached hydrogen (secondary N) is 2. The van der Waals surface area contributed by atoms with Gasteiger partial charge in [-0.05, 0) is 6.92 Å². The van der Waals surface area contributed by atoms with Crippen LogP contribution in [0, 0.1) is 0 Å². The summed E-state index contributed by atoms with van der Waals surface area (Å²) in [5.41, 5.74) is 1.37. The first-order valence-corrected chi connectivity index (χ1v) is 4.92. The Hall–Kier alpha value is -1.72. The quantitative estimate of drug-likeness (QED) is 0.697. The molecule has 1 aromatic heterocycles. The monoisotopic (exact) mass is 211 g/mol. The van der Waals surface area contributed by atoms with Crippen molar-refractivity contribution in [2.75, 3.05) is 13.2 Å². The van der Waals surface area contributed by atoms with Crippen LogP contribution in [0.4, 0.5) is 4.79 Å². The van der Waals surface area contributed by atoms with Crippen LogP contribution in [0.1, 0.15) is 18.2 Å². The van der Waals surface area contributed by atoms with Gasteiger partial charge in [-0.15, -0.1) is 0 Å². The number of aromatic amines is 2. The zero-order chi connectivity index (χ0) is 10.8. The van der Waals surface area contributed by atoms with Gasteiger partial charge < -0.3 is 14.7 Å². The fraction of sp³-hybridized carbons (Fsp3) is 0.556. The maximum Gasteiger partial charge on any atom is 0.410 e. The number of hydrogen-bond acceptors (Lipinski definition) is 3. The minimum Gasteiger partial charge on any atom is -0.450 e. The van der Waals surface area contributed by atoms with E-state index in [0.717, 1.165) is 5.69 Å². The highest BCUT2D eigenvalue weighted by molar-refractivity contribution is 5.68. The fourth-order valence-electron chi connectivity index (χ4n) is 1.69. The molecular weight excluding hydrogens is 198 g/mol. The second-order valence-corrected chi connectivity index (χ2v) is 3.41. The Balaban J connectivity index is 2.14. The molecule has 0 fully saturated rings. The van der Waals surface area contributed by atoms with Crippen LogP contribution in [0.25, 0.3) is 0 Å². The number of nitrogens with zero attached hydrogens (tertiary/aromatic N) is 1. The molecule has 6 heteroatoms. The standard InChI is InChI=1S/C9H13N3O3/c1-2-15-9(14)12-4-3-7-6(5-12)8(13)11-10-7/h2-5H2,1H3,(H2,10,11,13). The summed E-state index contributed by atoms with van der Waals surface area (Å²) in [6.07, 6.45) is 0.302. The maximum absolute atomic E-state index is 11.4. The molecule has 1 aromatic rings. The second-order valence-electron chi connectivity index (χ2n) is 3.41. The number of hydrogen-bond donors (Lipinski definition) is 2. The van der Waals surface area contributed by atoms with E-state index in [-0.39, 0.29) is 11.7 Å². The van der Waals surface area contributed by atoms with Crippen LogP contribution in [-0.2, 0) is 17.7 Å². The van der Waals surface area contributed by atoms with E-state index < -0.39 is 0 Å². The maximum atomic E-state index is 11.4. The van der Waals surface area contributed by atoms with Crippen LogP contribution >= 0.6 is 0 Å². The van der Waals surface area contributed by atoms with E-state index in [9.17, 15) is 9.59 Å². The van der Waals surface area contributed by atoms with Crippen molar-refractivity contribution >= 4 is 6.09 Å². The molecule has 0 saturated heterocycles. The van der Waals surface area contributed by atoms with Crippen molar-refractivity contribution in [1.29, 1.82) is 0 Å². The van der Waals surface area contributed by atoms with Gasteiger partial charge in [0, 0.05) is 18.7 Å². The van der Waals surface area contributed by atoms with Gasteiger partial charge in [0.05, 0.1) is 18.7 Å². The third-order valence-corrected chi connectivity index (χ3v) is 2.47. The molecule has 1 aliphatic heterocycles. The number of H-pyrrole nitrogens is 2. The zero-order valence-electron chi connectivity index (χ0n) is 8.50. The molecule has 15 heavy (non-hydrogen) atoms. The van der Waals surface area contributed by atoms with Crippen molar-refractivity contribution in [3.8, 4) is 0 Å². The third-order valence-electron chi connectivity index (χ3n) is 2.47. The van der Waals surface area contributed by atoms with Crippen LogP contribution in [0.15, 0.2) is 4.79 Å². The minimum absolute atomic E-state index is 0.154. The zero-order valence-corrected chi connectivity index (χ0v) is 8.50. The highest BCUT2D eigenvalue weighted by atomic mass is 16.6. The van der Waals surface area contributed by atoms with Crippen LogP contribution in [0.5, 0.6) is 0 Å². The molecule has 1 amide bonds. The van der Waals surface area contributed by atoms with E-state index in [1.807, 2.05) is 0 Å². The molecule has 0 saturated carbocycles. The molecule has 0 bridgehead atoms. The molecule has 2 N–H and O–H groups in total. The summed E-state index contributed by atoms with van der Waals surface area (Å²) in [5, 5.41) is 5.31. The predicted molar refractivity (Wildman–Crippen MR) is 52.5 cm³/mol. The van der Waals surface area contributed by atoms with E-state index in [4.69, 9.17) is 4.74 Å². The largest absolute Gasteiger partial charge is 0.450 e. The van der Waals surface area contributed by atoms with Crippen molar-refractivity contribution in [2.24, 2.45) is 0 Å². The van der Waals surface area contributed by atoms with Gasteiger partial charge in [-0.2, -0.15) is 0 Å². The molecular formula is C9H13N3O3. The average Bonchev–Trinajstić information content (AvgIpc) is 2.60. The lowest BCUT2D eigenvalue weighted by molar-refractivity contribution is 0.102. The molecule has 0 radical (unpaired) electrons. The predicted octanol–water partition coefficient (Wildman–Crippen LogP) is 0.218. The van der Waals surface area contributed by atoms with Crippen LogP contribution in [0.2, 0.25) is 0 Å². The van der Waals surface area contributed by atoms with Gasteiger partial charge >= 0.3 is 6.09 Å². The Kier molecular flexibility index (Phi) is 2.49. The molecule has 0 spiro atoms. The lowest BCUT2D eigenvalue weighted by Gasteiger charge is -2.24. The lowest BCUT2D eigenvalue weighted by atomic mass is 10.1. The molecule has 6 nitrogen and oxygen atoms in total. The fourth-order valence-corrected chi connectivity index (χ4v) is 1.69. The van der Waals surface area contributed by atoms with Crippen molar-refractivity contribution < 1.29 is 9.53 Å². The second kappa shape index (κ2) is 3.80. The lowest BCUT2D eigenvalue weighted by Crippen LogP contribution is -2.37. The number of aromatic nitrogens is 2. The number of carbonyl (C=O) groups excluding carboxylic acids is 1. The highest BCUT2D eigenvalue weighted by Gasteiger charge is 2.24. The number of amides is 1. The van der Waals surface area contributed by atoms with E-state index in [2.05, 4.69) is 10.2 Å². The normalized spacial score (nSPS) is 14.9. The Morgan fingerprint density at radius 2 is 2.33 bits per heavy atom. The summed E-state index contributed by atoms with van der Waals surface area (Å²) < 4.78 is 4.88. The van der Waals surface area contributed by atoms with Crippen molar-refractivity contribution in [3.05, 3.63) is 21.6 Å². The molecule has 0 aromatic carbocycles. The van der Waals surface area contributed by atoms with Gasteiger partial charge in [-0.3, -0.25) is 9.89 Å². The minimum atomic E-state index is -0.358. The number of rotatable bonds is 1. The van der Waals surface area contributed by atoms with E-state index in [1.165, 1.54) is 4.90 Å². The molecule has 2 heterocycles. The van der Waals surface area contributed by atoms with Crippen molar-refractivity contribution in [1.82, 2.24) is 15.1 Å². The van der Waals surface area contributed by atoms with Gasteiger partial charge in [0.25, 0.3) is 5.56 Å². The van der Waals surface area contributed by atoms with Crippen LogP contribution < -0.4 is 5.56 Å². The Labute approximate surface area is 86.2 Å². The highest BCUT2D eigenvalue weighted by Crippen LogP contribution is 2.13. The molecule has 0 atom stereocenters. The summed E-state index contributed by atoms with van der Waals surface area (Å²) in [4.78, 5) is 24.3. The van der Waals surface area contributed by atoms with Gasteiger partial charge in [0.15, 0.2) is 0 Å². The van der Waals surface area contributed by atoms with Gasteiger partial charge in [-0.25, -0.2) is 4.79 Å². The first-order chi connectivity index (χ1) is 7.22. The van der Waals surface area contributed by atoms with Gasteiger partial charge in [0.1, 0.15) is 0 Å². The average molecular weight is 211 g/mol. The van der Waals surface area contributed by atoms with Crippen LogP contribution in [0.3, 0.4) is 0 Å². The van der Waals surface area contributed by atoms with Crippen molar-refractivity contribution in [2.45, 2.75) is 19.9 Å². The number of fused-ring (bicyclic) bond motifs is 1. The molecule has 0 aliphatic carbocycles. The van der Waals surface area contributed by atoms with Crippen molar-refractivity contribution in [3.63, 3.8) is 0 Å². The smallest absolute Gasteiger partial charge is 0.410 e. The summed E-state index contributed by atoms with van der Waals surface area (Å²) in [5.74, 6) is 0. The Bertz CT molecular complexity index is 420. The van der Waals surface area contributed by atoms with Gasteiger partial charge in [-0.1, -0.05) is 0 Å². The van der Waals surface area contributed by atoms with Gasteiger partial charge in [0.2, 0.25) is 0 Å². The molecule has 0 unspecified atom stereocenters.